The quantitative estimate of drug-likeness (QED) is 0.581. The third kappa shape index (κ3) is 2.59. The summed E-state index contributed by atoms with van der Waals surface area (Å²) in [6, 6.07) is 17.4. The molecule has 0 aliphatic carbocycles. The Morgan fingerprint density at radius 1 is 0.750 bits per heavy atom. The highest BCUT2D eigenvalue weighted by molar-refractivity contribution is 6.66. The number of rotatable bonds is 1. The van der Waals surface area contributed by atoms with Crippen LogP contribution in [0.3, 0.4) is 0 Å². The fourth-order valence-electron chi connectivity index (χ4n) is 2.02. The van der Waals surface area contributed by atoms with Crippen LogP contribution in [0.4, 0.5) is 0 Å². The average molecular weight is 324 g/mol. The summed E-state index contributed by atoms with van der Waals surface area (Å²) in [6.45, 7) is 0. The molecule has 0 N–H and O–H groups in total. The molecule has 0 spiro atoms. The van der Waals surface area contributed by atoms with Gasteiger partial charge in [0.2, 0.25) is 3.79 Å². The molecular weight excluding hydrogens is 315 g/mol. The Morgan fingerprint density at radius 2 is 1.40 bits per heavy atom. The van der Waals surface area contributed by atoms with Crippen molar-refractivity contribution >= 4 is 45.7 Å². The van der Waals surface area contributed by atoms with Gasteiger partial charge < -0.3 is 0 Å². The molecule has 0 bridgehead atoms. The highest BCUT2D eigenvalue weighted by atomic mass is 35.6. The number of halogens is 3. The molecule has 0 aliphatic rings. The van der Waals surface area contributed by atoms with Crippen molar-refractivity contribution in [3.8, 4) is 11.3 Å². The van der Waals surface area contributed by atoms with Crippen LogP contribution in [-0.2, 0) is 3.79 Å². The number of hydrogen-bond donors (Lipinski definition) is 0. The van der Waals surface area contributed by atoms with Gasteiger partial charge in [-0.3, -0.25) is 0 Å². The molecule has 0 fully saturated rings. The van der Waals surface area contributed by atoms with Crippen LogP contribution >= 0.6 is 34.8 Å². The lowest BCUT2D eigenvalue weighted by atomic mass is 10.1. The van der Waals surface area contributed by atoms with Gasteiger partial charge in [-0.15, -0.1) is 0 Å². The summed E-state index contributed by atoms with van der Waals surface area (Å²) in [5.41, 5.74) is 2.47. The normalized spacial score (nSPS) is 11.8. The molecule has 3 aromatic rings. The van der Waals surface area contributed by atoms with E-state index in [9.17, 15) is 0 Å². The zero-order chi connectivity index (χ0) is 14.2. The lowest BCUT2D eigenvalue weighted by molar-refractivity contribution is 0.999. The second-order valence-corrected chi connectivity index (χ2v) is 6.56. The average Bonchev–Trinajstić information content (AvgIpc) is 2.46. The maximum atomic E-state index is 5.92. The van der Waals surface area contributed by atoms with E-state index in [1.807, 2.05) is 54.6 Å². The second-order valence-electron chi connectivity index (χ2n) is 4.28. The third-order valence-corrected chi connectivity index (χ3v) is 3.41. The van der Waals surface area contributed by atoms with Crippen LogP contribution in [0.15, 0.2) is 54.6 Å². The molecule has 0 amide bonds. The Labute approximate surface area is 131 Å². The van der Waals surface area contributed by atoms with Crippen molar-refractivity contribution in [3.63, 3.8) is 0 Å². The van der Waals surface area contributed by atoms with Gasteiger partial charge in [-0.1, -0.05) is 83.3 Å². The van der Waals surface area contributed by atoms with Crippen LogP contribution < -0.4 is 0 Å². The summed E-state index contributed by atoms with van der Waals surface area (Å²) in [6.07, 6.45) is 0. The fourth-order valence-corrected chi connectivity index (χ4v) is 2.27. The minimum atomic E-state index is -1.65. The van der Waals surface area contributed by atoms with Gasteiger partial charge in [-0.05, 0) is 6.07 Å². The summed E-state index contributed by atoms with van der Waals surface area (Å²) in [4.78, 5) is 8.76. The van der Waals surface area contributed by atoms with Crippen molar-refractivity contribution in [1.29, 1.82) is 0 Å². The SMILES string of the molecule is ClC(Cl)(Cl)c1nc(-c2ccccc2)c2ccccc2n1. The molecule has 20 heavy (non-hydrogen) atoms. The molecular formula is C15H9Cl3N2. The summed E-state index contributed by atoms with van der Waals surface area (Å²) < 4.78 is -1.65. The number of alkyl halides is 3. The van der Waals surface area contributed by atoms with Crippen molar-refractivity contribution in [2.45, 2.75) is 3.79 Å². The maximum Gasteiger partial charge on any atom is 0.250 e. The lowest BCUT2D eigenvalue weighted by Crippen LogP contribution is -2.08. The van der Waals surface area contributed by atoms with Gasteiger partial charge in [0.15, 0.2) is 5.82 Å². The molecule has 0 unspecified atom stereocenters. The van der Waals surface area contributed by atoms with Crippen LogP contribution in [0, 0.1) is 0 Å². The van der Waals surface area contributed by atoms with E-state index in [0.29, 0.717) is 0 Å². The Hall–Kier alpha value is -1.35. The van der Waals surface area contributed by atoms with Crippen molar-refractivity contribution in [3.05, 3.63) is 60.4 Å². The van der Waals surface area contributed by atoms with Gasteiger partial charge in [-0.2, -0.15) is 0 Å². The maximum absolute atomic E-state index is 5.92. The van der Waals surface area contributed by atoms with Gasteiger partial charge in [-0.25, -0.2) is 9.97 Å². The van der Waals surface area contributed by atoms with E-state index >= 15 is 0 Å². The molecule has 100 valence electrons. The highest BCUT2D eigenvalue weighted by Crippen LogP contribution is 2.38. The predicted octanol–water partition coefficient (Wildman–Crippen LogP) is 5.12. The Bertz CT molecular complexity index is 752. The van der Waals surface area contributed by atoms with Crippen LogP contribution in [0.25, 0.3) is 22.2 Å². The topological polar surface area (TPSA) is 25.8 Å². The van der Waals surface area contributed by atoms with Gasteiger partial charge in [0, 0.05) is 10.9 Å². The lowest BCUT2D eigenvalue weighted by Gasteiger charge is -2.13. The number of nitrogens with zero attached hydrogens (tertiary/aromatic N) is 2. The van der Waals surface area contributed by atoms with Gasteiger partial charge >= 0.3 is 0 Å². The van der Waals surface area contributed by atoms with Gasteiger partial charge in [0.1, 0.15) is 0 Å². The number of benzene rings is 2. The van der Waals surface area contributed by atoms with Crippen LogP contribution in [0.1, 0.15) is 5.82 Å². The van der Waals surface area contributed by atoms with E-state index in [1.54, 1.807) is 0 Å². The van der Waals surface area contributed by atoms with Gasteiger partial charge in [0.25, 0.3) is 0 Å². The van der Waals surface area contributed by atoms with Crippen LogP contribution in [0.2, 0.25) is 0 Å². The molecule has 0 atom stereocenters. The van der Waals surface area contributed by atoms with E-state index in [-0.39, 0.29) is 5.82 Å². The largest absolute Gasteiger partial charge is 0.250 e. The van der Waals surface area contributed by atoms with Crippen molar-refractivity contribution in [2.24, 2.45) is 0 Å². The van der Waals surface area contributed by atoms with E-state index in [4.69, 9.17) is 34.8 Å². The van der Waals surface area contributed by atoms with Gasteiger partial charge in [0.05, 0.1) is 11.2 Å². The zero-order valence-electron chi connectivity index (χ0n) is 10.2. The first-order valence-corrected chi connectivity index (χ1v) is 7.08. The number of fused-ring (bicyclic) bond motifs is 1. The van der Waals surface area contributed by atoms with E-state index in [1.165, 1.54) is 0 Å². The molecule has 5 heteroatoms. The summed E-state index contributed by atoms with van der Waals surface area (Å²) in [7, 11) is 0. The van der Waals surface area contributed by atoms with Crippen LogP contribution in [0.5, 0.6) is 0 Å². The fraction of sp³-hybridized carbons (Fsp3) is 0.0667. The number of para-hydroxylation sites is 1. The summed E-state index contributed by atoms with van der Waals surface area (Å²) >= 11 is 17.8. The standard InChI is InChI=1S/C15H9Cl3N2/c16-15(17,18)14-19-12-9-5-4-8-11(12)13(20-14)10-6-2-1-3-7-10/h1-9H. The zero-order valence-corrected chi connectivity index (χ0v) is 12.5. The monoisotopic (exact) mass is 322 g/mol. The molecule has 0 radical (unpaired) electrons. The van der Waals surface area contributed by atoms with Crippen molar-refractivity contribution < 1.29 is 0 Å². The Balaban J connectivity index is 2.34. The summed E-state index contributed by atoms with van der Waals surface area (Å²) in [5, 5.41) is 0.928. The smallest absolute Gasteiger partial charge is 0.228 e. The molecule has 1 heterocycles. The second kappa shape index (κ2) is 5.21. The van der Waals surface area contributed by atoms with Crippen molar-refractivity contribution in [1.82, 2.24) is 9.97 Å². The molecule has 2 nitrogen and oxygen atoms in total. The molecule has 2 aromatic carbocycles. The number of hydrogen-bond acceptors (Lipinski definition) is 2. The third-order valence-electron chi connectivity index (χ3n) is 2.90. The molecule has 1 aromatic heterocycles. The van der Waals surface area contributed by atoms with E-state index in [0.717, 1.165) is 22.2 Å². The van der Waals surface area contributed by atoms with Crippen LogP contribution in [-0.4, -0.2) is 9.97 Å². The number of aromatic nitrogens is 2. The molecule has 3 rings (SSSR count). The first-order chi connectivity index (χ1) is 9.55. The molecule has 0 saturated carbocycles. The minimum Gasteiger partial charge on any atom is -0.228 e. The van der Waals surface area contributed by atoms with Crippen molar-refractivity contribution in [2.75, 3.05) is 0 Å². The Kier molecular flexibility index (Phi) is 3.55. The van der Waals surface area contributed by atoms with E-state index < -0.39 is 3.79 Å². The molecule has 0 aliphatic heterocycles. The van der Waals surface area contributed by atoms with E-state index in [2.05, 4.69) is 9.97 Å². The predicted molar refractivity (Wildman–Crippen MR) is 84.2 cm³/mol. The molecule has 0 saturated heterocycles. The Morgan fingerprint density at radius 3 is 2.10 bits per heavy atom. The first-order valence-electron chi connectivity index (χ1n) is 5.95. The minimum absolute atomic E-state index is 0.181. The summed E-state index contributed by atoms with van der Waals surface area (Å²) in [5.74, 6) is 0.181. The first kappa shape index (κ1) is 13.6. The highest BCUT2D eigenvalue weighted by Gasteiger charge is 2.28.